The van der Waals surface area contributed by atoms with Crippen LogP contribution in [-0.4, -0.2) is 27.6 Å². The lowest BCUT2D eigenvalue weighted by Crippen LogP contribution is -2.30. The summed E-state index contributed by atoms with van der Waals surface area (Å²) in [6.07, 6.45) is 3.70. The minimum Gasteiger partial charge on any atom is -0.371 e. The lowest BCUT2D eigenvalue weighted by atomic mass is 10.0. The first-order chi connectivity index (χ1) is 13.8. The van der Waals surface area contributed by atoms with Crippen LogP contribution in [-0.2, 0) is 6.54 Å². The fraction of sp³-hybridized carbons (Fsp3) is 0.261. The normalized spacial score (nSPS) is 15.8. The van der Waals surface area contributed by atoms with Gasteiger partial charge in [0, 0.05) is 24.0 Å². The second-order valence-electron chi connectivity index (χ2n) is 7.70. The molecule has 4 aromatic rings. The molecule has 0 atom stereocenters. The molecule has 5 heteroatoms. The molecule has 0 bridgehead atoms. The van der Waals surface area contributed by atoms with Crippen molar-refractivity contribution in [2.45, 2.75) is 25.8 Å². The summed E-state index contributed by atoms with van der Waals surface area (Å²) in [5, 5.41) is 1.84. The van der Waals surface area contributed by atoms with Gasteiger partial charge < -0.3 is 4.90 Å². The van der Waals surface area contributed by atoms with Crippen LogP contribution in [0.1, 0.15) is 24.8 Å². The SMILES string of the molecule is O=c1c2ccccc2nc2n1Cc1c-2nc2ccccc2c1N1CCCCC1. The van der Waals surface area contributed by atoms with Gasteiger partial charge >= 0.3 is 0 Å². The Labute approximate surface area is 162 Å². The summed E-state index contributed by atoms with van der Waals surface area (Å²) in [5.74, 6) is 0.697. The average Bonchev–Trinajstić information content (AvgIpc) is 3.11. The van der Waals surface area contributed by atoms with E-state index < -0.39 is 0 Å². The maximum Gasteiger partial charge on any atom is 0.262 e. The Bertz CT molecular complexity index is 1300. The fourth-order valence-corrected chi connectivity index (χ4v) is 4.70. The molecule has 28 heavy (non-hydrogen) atoms. The highest BCUT2D eigenvalue weighted by molar-refractivity contribution is 5.97. The van der Waals surface area contributed by atoms with Gasteiger partial charge in [-0.3, -0.25) is 9.36 Å². The van der Waals surface area contributed by atoms with Crippen molar-refractivity contribution in [2.24, 2.45) is 0 Å². The Hall–Kier alpha value is -3.21. The molecule has 1 fully saturated rings. The molecule has 138 valence electrons. The van der Waals surface area contributed by atoms with Gasteiger partial charge in [-0.05, 0) is 37.5 Å². The molecular formula is C23H20N4O. The molecule has 0 amide bonds. The number of aromatic nitrogens is 3. The standard InChI is InChI=1S/C23H20N4O/c28-23-16-9-3-5-11-19(16)25-22-20-17(14-27(22)23)21(26-12-6-1-7-13-26)15-8-2-4-10-18(15)24-20/h2-5,8-11H,1,6-7,12-14H2. The third kappa shape index (κ3) is 2.16. The lowest BCUT2D eigenvalue weighted by Gasteiger charge is -2.31. The van der Waals surface area contributed by atoms with E-state index in [-0.39, 0.29) is 5.56 Å². The molecule has 6 rings (SSSR count). The van der Waals surface area contributed by atoms with E-state index in [9.17, 15) is 4.79 Å². The van der Waals surface area contributed by atoms with E-state index in [2.05, 4.69) is 23.1 Å². The van der Waals surface area contributed by atoms with E-state index >= 15 is 0 Å². The van der Waals surface area contributed by atoms with Gasteiger partial charge in [-0.1, -0.05) is 30.3 Å². The zero-order valence-corrected chi connectivity index (χ0v) is 15.6. The van der Waals surface area contributed by atoms with Crippen molar-refractivity contribution in [2.75, 3.05) is 18.0 Å². The van der Waals surface area contributed by atoms with Crippen LogP contribution >= 0.6 is 0 Å². The Balaban J connectivity index is 1.68. The van der Waals surface area contributed by atoms with Gasteiger partial charge in [0.1, 0.15) is 5.69 Å². The largest absolute Gasteiger partial charge is 0.371 e. The first-order valence-corrected chi connectivity index (χ1v) is 9.98. The van der Waals surface area contributed by atoms with Crippen molar-refractivity contribution in [3.05, 3.63) is 64.4 Å². The molecule has 0 spiro atoms. The molecule has 2 aromatic carbocycles. The predicted molar refractivity (Wildman–Crippen MR) is 112 cm³/mol. The number of pyridine rings is 1. The molecule has 0 aliphatic carbocycles. The Morgan fingerprint density at radius 2 is 1.46 bits per heavy atom. The number of benzene rings is 2. The summed E-state index contributed by atoms with van der Waals surface area (Å²) >= 11 is 0. The maximum absolute atomic E-state index is 13.2. The number of nitrogens with zero attached hydrogens (tertiary/aromatic N) is 4. The summed E-state index contributed by atoms with van der Waals surface area (Å²) < 4.78 is 1.80. The average molecular weight is 368 g/mol. The summed E-state index contributed by atoms with van der Waals surface area (Å²) in [7, 11) is 0. The van der Waals surface area contributed by atoms with Crippen LogP contribution in [0.5, 0.6) is 0 Å². The third-order valence-corrected chi connectivity index (χ3v) is 6.03. The predicted octanol–water partition coefficient (Wildman–Crippen LogP) is 3.96. The van der Waals surface area contributed by atoms with E-state index in [0.717, 1.165) is 35.4 Å². The quantitative estimate of drug-likeness (QED) is 0.449. The Morgan fingerprint density at radius 3 is 2.25 bits per heavy atom. The molecular weight excluding hydrogens is 348 g/mol. The Kier molecular flexibility index (Phi) is 3.33. The zero-order valence-electron chi connectivity index (χ0n) is 15.6. The molecule has 1 saturated heterocycles. The van der Waals surface area contributed by atoms with Crippen molar-refractivity contribution in [3.63, 3.8) is 0 Å². The number of fused-ring (bicyclic) bond motifs is 5. The van der Waals surface area contributed by atoms with Crippen LogP contribution in [0.15, 0.2) is 53.3 Å². The number of rotatable bonds is 1. The summed E-state index contributed by atoms with van der Waals surface area (Å²) in [5.41, 5.74) is 4.97. The van der Waals surface area contributed by atoms with Gasteiger partial charge in [0.25, 0.3) is 5.56 Å². The van der Waals surface area contributed by atoms with E-state index in [1.807, 2.05) is 30.3 Å². The molecule has 0 N–H and O–H groups in total. The minimum atomic E-state index is 0.0206. The van der Waals surface area contributed by atoms with E-state index in [0.29, 0.717) is 17.8 Å². The topological polar surface area (TPSA) is 51.0 Å². The van der Waals surface area contributed by atoms with E-state index in [1.54, 1.807) is 4.57 Å². The van der Waals surface area contributed by atoms with Gasteiger partial charge in [-0.2, -0.15) is 0 Å². The van der Waals surface area contributed by atoms with Crippen molar-refractivity contribution in [3.8, 4) is 11.5 Å². The second kappa shape index (κ2) is 5.89. The first-order valence-electron chi connectivity index (χ1n) is 9.98. The molecule has 4 heterocycles. The molecule has 2 aliphatic heterocycles. The molecule has 5 nitrogen and oxygen atoms in total. The van der Waals surface area contributed by atoms with Gasteiger partial charge in [-0.25, -0.2) is 9.97 Å². The van der Waals surface area contributed by atoms with Crippen LogP contribution < -0.4 is 10.5 Å². The van der Waals surface area contributed by atoms with Crippen molar-refractivity contribution >= 4 is 27.5 Å². The lowest BCUT2D eigenvalue weighted by molar-refractivity contribution is 0.577. The van der Waals surface area contributed by atoms with Gasteiger partial charge in [-0.15, -0.1) is 0 Å². The van der Waals surface area contributed by atoms with Gasteiger partial charge in [0.15, 0.2) is 5.82 Å². The molecule has 2 aliphatic rings. The first kappa shape index (κ1) is 15.8. The second-order valence-corrected chi connectivity index (χ2v) is 7.70. The molecule has 0 unspecified atom stereocenters. The highest BCUT2D eigenvalue weighted by Crippen LogP contribution is 2.40. The van der Waals surface area contributed by atoms with Crippen LogP contribution in [0.25, 0.3) is 33.3 Å². The van der Waals surface area contributed by atoms with Gasteiger partial charge in [0.2, 0.25) is 0 Å². The van der Waals surface area contributed by atoms with Crippen LogP contribution in [0.2, 0.25) is 0 Å². The molecule has 2 aromatic heterocycles. The highest BCUT2D eigenvalue weighted by Gasteiger charge is 2.30. The maximum atomic E-state index is 13.2. The Morgan fingerprint density at radius 1 is 0.786 bits per heavy atom. The summed E-state index contributed by atoms with van der Waals surface area (Å²) in [4.78, 5) is 25.4. The number of hydrogen-bond donors (Lipinski definition) is 0. The smallest absolute Gasteiger partial charge is 0.262 e. The monoisotopic (exact) mass is 368 g/mol. The zero-order chi connectivity index (χ0) is 18.7. The molecule has 0 radical (unpaired) electrons. The summed E-state index contributed by atoms with van der Waals surface area (Å²) in [6, 6.07) is 15.9. The van der Waals surface area contributed by atoms with Crippen molar-refractivity contribution in [1.29, 1.82) is 0 Å². The molecule has 0 saturated carbocycles. The third-order valence-electron chi connectivity index (χ3n) is 6.03. The van der Waals surface area contributed by atoms with Gasteiger partial charge in [0.05, 0.1) is 28.7 Å². The number of para-hydroxylation sites is 2. The van der Waals surface area contributed by atoms with E-state index in [1.165, 1.54) is 30.3 Å². The number of piperidine rings is 1. The van der Waals surface area contributed by atoms with Crippen molar-refractivity contribution < 1.29 is 0 Å². The van der Waals surface area contributed by atoms with E-state index in [4.69, 9.17) is 9.97 Å². The van der Waals surface area contributed by atoms with Crippen LogP contribution in [0.3, 0.4) is 0 Å². The number of hydrogen-bond acceptors (Lipinski definition) is 4. The summed E-state index contributed by atoms with van der Waals surface area (Å²) in [6.45, 7) is 2.66. The highest BCUT2D eigenvalue weighted by atomic mass is 16.1. The fourth-order valence-electron chi connectivity index (χ4n) is 4.70. The van der Waals surface area contributed by atoms with Crippen LogP contribution in [0.4, 0.5) is 5.69 Å². The number of anilines is 1. The van der Waals surface area contributed by atoms with Crippen molar-refractivity contribution in [1.82, 2.24) is 14.5 Å². The minimum absolute atomic E-state index is 0.0206. The van der Waals surface area contributed by atoms with Crippen LogP contribution in [0, 0.1) is 0 Å².